The largest absolute Gasteiger partial charge is 0.508 e. The maximum atomic E-state index is 11.8. The van der Waals surface area contributed by atoms with E-state index in [-0.39, 0.29) is 34.3 Å². The predicted molar refractivity (Wildman–Crippen MR) is 186 cm³/mol. The highest BCUT2D eigenvalue weighted by Crippen LogP contribution is 2.54. The number of ether oxygens (including phenoxy) is 5. The van der Waals surface area contributed by atoms with Crippen LogP contribution in [0.2, 0.25) is 0 Å². The van der Waals surface area contributed by atoms with Gasteiger partial charge in [0.1, 0.15) is 58.6 Å². The van der Waals surface area contributed by atoms with E-state index in [1.807, 2.05) is 6.08 Å². The molecule has 53 heavy (non-hydrogen) atoms. The van der Waals surface area contributed by atoms with E-state index in [0.29, 0.717) is 48.6 Å². The predicted octanol–water partition coefficient (Wildman–Crippen LogP) is 2.19. The van der Waals surface area contributed by atoms with Crippen molar-refractivity contribution in [1.82, 2.24) is 0 Å². The van der Waals surface area contributed by atoms with Gasteiger partial charge in [0.2, 0.25) is 12.0 Å². The average Bonchev–Trinajstić information content (AvgIpc) is 3.79. The number of aliphatic hydroxyl groups excluding tert-OH is 4. The van der Waals surface area contributed by atoms with Crippen molar-refractivity contribution in [2.24, 2.45) is 4.99 Å². The number of benzene rings is 3. The number of nitrogens with zero attached hydrogens (tertiary/aromatic N) is 1. The molecule has 3 aromatic rings. The molecule has 1 saturated heterocycles. The van der Waals surface area contributed by atoms with Crippen LogP contribution in [-0.4, -0.2) is 90.6 Å². The second kappa shape index (κ2) is 14.4. The molecule has 3 aliphatic heterocycles. The van der Waals surface area contributed by atoms with Gasteiger partial charge < -0.3 is 59.4 Å². The zero-order valence-corrected chi connectivity index (χ0v) is 28.2. The van der Waals surface area contributed by atoms with Crippen molar-refractivity contribution in [3.63, 3.8) is 0 Å². The Morgan fingerprint density at radius 2 is 1.72 bits per heavy atom. The lowest BCUT2D eigenvalue weighted by molar-refractivity contribution is -0.271. The van der Waals surface area contributed by atoms with Gasteiger partial charge in [-0.05, 0) is 72.1 Å². The Kier molecular flexibility index (Phi) is 9.74. The molecule has 278 valence electrons. The van der Waals surface area contributed by atoms with E-state index in [1.165, 1.54) is 18.2 Å². The van der Waals surface area contributed by atoms with Gasteiger partial charge in [0, 0.05) is 24.6 Å². The minimum Gasteiger partial charge on any atom is -0.508 e. The number of carboxylic acids is 1. The first kappa shape index (κ1) is 35.8. The molecule has 1 saturated carbocycles. The molecule has 6 atom stereocenters. The molecule has 0 bridgehead atoms. The Labute approximate surface area is 302 Å². The molecule has 9 N–H and O–H groups in total. The summed E-state index contributed by atoms with van der Waals surface area (Å²) in [6.07, 6.45) is -2.61. The summed E-state index contributed by atoms with van der Waals surface area (Å²) in [6, 6.07) is 14.7. The molecule has 7 rings (SSSR count). The quantitative estimate of drug-likeness (QED) is 0.141. The molecule has 1 aliphatic carbocycles. The number of aromatic hydroxyl groups is 2. The lowest BCUT2D eigenvalue weighted by Crippen LogP contribution is -2.61. The molecule has 2 fully saturated rings. The second-order valence-electron chi connectivity index (χ2n) is 13.3. The number of rotatable bonds is 11. The van der Waals surface area contributed by atoms with E-state index in [9.17, 15) is 40.5 Å². The summed E-state index contributed by atoms with van der Waals surface area (Å²) in [6.45, 7) is 0.367. The van der Waals surface area contributed by atoms with Crippen LogP contribution in [0.5, 0.6) is 34.5 Å². The topological polar surface area (TPSA) is 243 Å². The van der Waals surface area contributed by atoms with Crippen LogP contribution in [0, 0.1) is 0 Å². The van der Waals surface area contributed by atoms with Crippen LogP contribution in [-0.2, 0) is 15.1 Å². The van der Waals surface area contributed by atoms with Crippen LogP contribution in [0.1, 0.15) is 54.9 Å². The molecular formula is C38H39N2O13+. The highest BCUT2D eigenvalue weighted by Gasteiger charge is 2.49. The number of allylic oxidation sites excluding steroid dienone is 1. The molecule has 0 spiro atoms. The van der Waals surface area contributed by atoms with Crippen molar-refractivity contribution in [1.29, 1.82) is 0 Å². The summed E-state index contributed by atoms with van der Waals surface area (Å²) >= 11 is 0. The smallest absolute Gasteiger partial charge is 0.335 e. The van der Waals surface area contributed by atoms with Crippen molar-refractivity contribution < 1.29 is 69.6 Å². The fourth-order valence-electron chi connectivity index (χ4n) is 6.94. The van der Waals surface area contributed by atoms with E-state index < -0.39 is 54.1 Å². The molecule has 0 aromatic heterocycles. The fourth-order valence-corrected chi connectivity index (χ4v) is 6.94. The maximum Gasteiger partial charge on any atom is 0.335 e. The molecule has 0 amide bonds. The van der Waals surface area contributed by atoms with Gasteiger partial charge in [-0.25, -0.2) is 4.79 Å². The van der Waals surface area contributed by atoms with E-state index in [1.54, 1.807) is 48.5 Å². The first-order chi connectivity index (χ1) is 25.4. The van der Waals surface area contributed by atoms with Gasteiger partial charge >= 0.3 is 11.8 Å². The van der Waals surface area contributed by atoms with Crippen molar-refractivity contribution >= 4 is 23.3 Å². The summed E-state index contributed by atoms with van der Waals surface area (Å²) < 4.78 is 30.0. The highest BCUT2D eigenvalue weighted by molar-refractivity contribution is 6.13. The third-order valence-corrected chi connectivity index (χ3v) is 9.70. The van der Waals surface area contributed by atoms with E-state index in [4.69, 9.17) is 29.1 Å². The SMILES string of the molecule is [NH2+]=C1C=CC(CCOc2ccc(C3C=C(O)c4c(cc(O[C@@H]5O[C@H](C(=O)O)[C@@H](O)[C@@H](O)[C@H]5O)c(OC5(c6cccc(O)c6)CCCC5)c4O)O3)cc2)=N1. The number of nitrogens with two attached hydrogens (primary N) is 1. The molecule has 4 aliphatic rings. The number of fused-ring (bicyclic) bond motifs is 1. The monoisotopic (exact) mass is 731 g/mol. The lowest BCUT2D eigenvalue weighted by Gasteiger charge is -2.39. The normalized spacial score (nSPS) is 25.9. The first-order valence-electron chi connectivity index (χ1n) is 17.1. The van der Waals surface area contributed by atoms with Crippen molar-refractivity contribution in [3.05, 3.63) is 89.5 Å². The molecule has 15 heteroatoms. The van der Waals surface area contributed by atoms with E-state index >= 15 is 0 Å². The van der Waals surface area contributed by atoms with Crippen LogP contribution in [0.3, 0.4) is 0 Å². The fraction of sp³-hybridized carbons (Fsp3) is 0.342. The molecule has 3 aromatic carbocycles. The van der Waals surface area contributed by atoms with Gasteiger partial charge in [-0.1, -0.05) is 24.3 Å². The van der Waals surface area contributed by atoms with E-state index in [0.717, 1.165) is 18.6 Å². The van der Waals surface area contributed by atoms with Crippen molar-refractivity contribution in [3.8, 4) is 34.5 Å². The summed E-state index contributed by atoms with van der Waals surface area (Å²) in [5.41, 5.74) is 0.823. The Morgan fingerprint density at radius 1 is 0.962 bits per heavy atom. The number of aliphatic imine (C=N–C) groups is 1. The number of phenolic OH excluding ortho intramolecular Hbond substituents is 2. The number of hydrogen-bond donors (Lipinski definition) is 8. The summed E-state index contributed by atoms with van der Waals surface area (Å²) in [5, 5.41) is 80.2. The van der Waals surface area contributed by atoms with Gasteiger partial charge in [-0.15, -0.1) is 0 Å². The standard InChI is InChI=1S/C38H38N2O13/c39-28-11-8-21(40-28)12-15-49-23-9-6-19(7-10-23)25-17-24(42)29-26(50-25)18-27(51-37-33(46)31(44)32(45)35(52-37)36(47)48)34(30(29)43)53-38(13-1-2-14-38)20-4-3-5-22(41)16-20/h3-11,16-18,25,31-33,35,37,39,41-46H,1-2,12-15H2,(H,47,48)/p+1/t25?,31-,32+,33-,35+,37-/m1/s1. The van der Waals surface area contributed by atoms with Gasteiger partial charge in [-0.3, -0.25) is 5.41 Å². The van der Waals surface area contributed by atoms with Crippen LogP contribution >= 0.6 is 0 Å². The Morgan fingerprint density at radius 3 is 2.40 bits per heavy atom. The molecule has 1 unspecified atom stereocenters. The molecule has 0 radical (unpaired) electrons. The number of aliphatic hydroxyl groups is 4. The number of phenols is 2. The Hall–Kier alpha value is -5.61. The third-order valence-electron chi connectivity index (χ3n) is 9.70. The van der Waals surface area contributed by atoms with Gasteiger partial charge in [0.15, 0.2) is 23.3 Å². The third kappa shape index (κ3) is 7.11. The first-order valence-corrected chi connectivity index (χ1v) is 17.1. The van der Waals surface area contributed by atoms with Crippen LogP contribution < -0.4 is 24.4 Å². The van der Waals surface area contributed by atoms with Crippen molar-refractivity contribution in [2.45, 2.75) is 74.5 Å². The summed E-state index contributed by atoms with van der Waals surface area (Å²) in [7, 11) is 0. The Bertz CT molecular complexity index is 1990. The number of carboxylic acid groups (broad SMARTS) is 1. The van der Waals surface area contributed by atoms with Crippen LogP contribution in [0.25, 0.3) is 5.76 Å². The van der Waals surface area contributed by atoms with Crippen LogP contribution in [0.15, 0.2) is 77.8 Å². The number of hydrogen-bond acceptors (Lipinski definition) is 12. The van der Waals surface area contributed by atoms with Crippen molar-refractivity contribution in [2.75, 3.05) is 6.61 Å². The number of carbonyl (C=O) groups is 1. The lowest BCUT2D eigenvalue weighted by atomic mass is 9.91. The number of amidine groups is 1. The van der Waals surface area contributed by atoms with Gasteiger partial charge in [-0.2, -0.15) is 0 Å². The zero-order valence-electron chi connectivity index (χ0n) is 28.2. The average molecular weight is 732 g/mol. The summed E-state index contributed by atoms with van der Waals surface area (Å²) in [4.78, 5) is 16.0. The molecule has 3 heterocycles. The molecular weight excluding hydrogens is 692 g/mol. The number of aliphatic carboxylic acids is 1. The minimum atomic E-state index is -1.97. The maximum absolute atomic E-state index is 11.8. The van der Waals surface area contributed by atoms with Gasteiger partial charge in [0.25, 0.3) is 0 Å². The zero-order chi connectivity index (χ0) is 37.4. The Balaban J connectivity index is 1.21. The van der Waals surface area contributed by atoms with E-state index in [2.05, 4.69) is 4.99 Å². The molecule has 15 nitrogen and oxygen atoms in total. The summed E-state index contributed by atoms with van der Waals surface area (Å²) in [5.74, 6) is -2.18. The van der Waals surface area contributed by atoms with Crippen LogP contribution in [0.4, 0.5) is 0 Å². The second-order valence-corrected chi connectivity index (χ2v) is 13.3. The van der Waals surface area contributed by atoms with Gasteiger partial charge in [0.05, 0.1) is 6.61 Å². The highest BCUT2D eigenvalue weighted by atomic mass is 16.7. The minimum absolute atomic E-state index is 0.00468.